The van der Waals surface area contributed by atoms with Gasteiger partial charge in [0.25, 0.3) is 5.91 Å². The predicted molar refractivity (Wildman–Crippen MR) is 132 cm³/mol. The summed E-state index contributed by atoms with van der Waals surface area (Å²) in [6, 6.07) is 21.4. The van der Waals surface area contributed by atoms with Crippen LogP contribution in [0.3, 0.4) is 0 Å². The Kier molecular flexibility index (Phi) is 5.09. The van der Waals surface area contributed by atoms with Crippen LogP contribution in [-0.2, 0) is 0 Å². The van der Waals surface area contributed by atoms with E-state index in [4.69, 9.17) is 5.73 Å². The fraction of sp³-hybridized carbons (Fsp3) is 0.0741. The van der Waals surface area contributed by atoms with Crippen molar-refractivity contribution in [2.24, 2.45) is 0 Å². The van der Waals surface area contributed by atoms with Crippen LogP contribution in [0.5, 0.6) is 0 Å². The molecule has 0 fully saturated rings. The second kappa shape index (κ2) is 8.12. The van der Waals surface area contributed by atoms with Crippen LogP contribution in [-0.4, -0.2) is 21.6 Å². The number of anilines is 2. The molecule has 168 valence electrons. The van der Waals surface area contributed by atoms with E-state index in [2.05, 4.69) is 10.4 Å². The zero-order valence-corrected chi connectivity index (χ0v) is 18.6. The largest absolute Gasteiger partial charge is 0.382 e. The van der Waals surface area contributed by atoms with E-state index in [1.54, 1.807) is 37.3 Å². The predicted octanol–water partition coefficient (Wildman–Crippen LogP) is 5.80. The van der Waals surface area contributed by atoms with Gasteiger partial charge in [0.2, 0.25) is 5.91 Å². The maximum absolute atomic E-state index is 13.9. The molecule has 0 saturated heterocycles. The van der Waals surface area contributed by atoms with Gasteiger partial charge in [-0.15, -0.1) is 5.10 Å². The van der Waals surface area contributed by atoms with Gasteiger partial charge in [-0.2, -0.15) is 4.68 Å². The normalized spacial score (nSPS) is 11.1. The van der Waals surface area contributed by atoms with Gasteiger partial charge in [0.05, 0.1) is 10.9 Å². The average molecular weight is 452 g/mol. The van der Waals surface area contributed by atoms with Crippen molar-refractivity contribution >= 4 is 45.0 Å². The third kappa shape index (κ3) is 3.57. The monoisotopic (exact) mass is 452 g/mol. The molecule has 0 radical (unpaired) electrons. The van der Waals surface area contributed by atoms with Crippen molar-refractivity contribution in [2.75, 3.05) is 11.1 Å². The third-order valence-corrected chi connectivity index (χ3v) is 5.90. The Morgan fingerprint density at radius 1 is 1.00 bits per heavy atom. The number of fused-ring (bicyclic) bond motifs is 2. The number of halogens is 1. The Morgan fingerprint density at radius 2 is 1.79 bits per heavy atom. The first-order valence-corrected chi connectivity index (χ1v) is 10.7. The van der Waals surface area contributed by atoms with Gasteiger partial charge in [-0.05, 0) is 64.7 Å². The highest BCUT2D eigenvalue weighted by atomic mass is 19.1. The van der Waals surface area contributed by atoms with E-state index in [0.29, 0.717) is 27.7 Å². The quantitative estimate of drug-likeness (QED) is 0.362. The molecule has 0 bridgehead atoms. The molecule has 3 N–H and O–H groups in total. The first-order chi connectivity index (χ1) is 16.3. The van der Waals surface area contributed by atoms with Gasteiger partial charge in [-0.1, -0.05) is 42.5 Å². The smallest absolute Gasteiger partial charge is 0.256 e. The molecule has 5 rings (SSSR count). The maximum Gasteiger partial charge on any atom is 0.256 e. The lowest BCUT2D eigenvalue weighted by molar-refractivity contribution is 0.0926. The summed E-state index contributed by atoms with van der Waals surface area (Å²) in [4.78, 5) is 24.9. The summed E-state index contributed by atoms with van der Waals surface area (Å²) >= 11 is 0. The number of benzene rings is 4. The van der Waals surface area contributed by atoms with Gasteiger partial charge < -0.3 is 11.1 Å². The number of rotatable bonds is 3. The molecular weight excluding hydrogens is 431 g/mol. The van der Waals surface area contributed by atoms with E-state index in [0.717, 1.165) is 21.9 Å². The van der Waals surface area contributed by atoms with E-state index in [1.165, 1.54) is 17.7 Å². The summed E-state index contributed by atoms with van der Waals surface area (Å²) < 4.78 is 15.2. The number of carbonyl (C=O) groups is 2. The molecule has 0 spiro atoms. The van der Waals surface area contributed by atoms with E-state index >= 15 is 0 Å². The Morgan fingerprint density at radius 3 is 2.56 bits per heavy atom. The molecule has 1 aromatic heterocycles. The van der Waals surface area contributed by atoms with Crippen LogP contribution in [0.25, 0.3) is 32.8 Å². The van der Waals surface area contributed by atoms with Crippen LogP contribution in [0.1, 0.15) is 27.6 Å². The van der Waals surface area contributed by atoms with Crippen molar-refractivity contribution in [1.82, 2.24) is 9.78 Å². The highest BCUT2D eigenvalue weighted by Crippen LogP contribution is 2.34. The van der Waals surface area contributed by atoms with Gasteiger partial charge in [-0.3, -0.25) is 9.59 Å². The molecule has 0 unspecified atom stereocenters. The van der Waals surface area contributed by atoms with Crippen LogP contribution < -0.4 is 11.1 Å². The Hall–Kier alpha value is -4.52. The van der Waals surface area contributed by atoms with E-state index in [9.17, 15) is 14.0 Å². The Bertz CT molecular complexity index is 1620. The van der Waals surface area contributed by atoms with Gasteiger partial charge in [-0.25, -0.2) is 4.39 Å². The second-order valence-corrected chi connectivity index (χ2v) is 8.18. The van der Waals surface area contributed by atoms with Crippen LogP contribution >= 0.6 is 0 Å². The summed E-state index contributed by atoms with van der Waals surface area (Å²) in [5.41, 5.74) is 9.91. The van der Waals surface area contributed by atoms with Crippen molar-refractivity contribution in [2.45, 2.75) is 13.8 Å². The summed E-state index contributed by atoms with van der Waals surface area (Å²) in [6.07, 6.45) is 0. The molecule has 0 atom stereocenters. The molecule has 1 heterocycles. The molecule has 7 heteroatoms. The molecule has 1 amide bonds. The van der Waals surface area contributed by atoms with Crippen LogP contribution in [0.15, 0.2) is 72.8 Å². The number of nitrogen functional groups attached to an aromatic ring is 1. The first-order valence-electron chi connectivity index (χ1n) is 10.7. The lowest BCUT2D eigenvalue weighted by Gasteiger charge is -2.11. The number of amides is 1. The highest BCUT2D eigenvalue weighted by Gasteiger charge is 2.17. The highest BCUT2D eigenvalue weighted by molar-refractivity contribution is 6.14. The zero-order chi connectivity index (χ0) is 24.0. The lowest BCUT2D eigenvalue weighted by atomic mass is 9.96. The molecule has 4 aromatic carbocycles. The Balaban J connectivity index is 1.57. The summed E-state index contributed by atoms with van der Waals surface area (Å²) in [5, 5.41) is 9.28. The Labute approximate surface area is 194 Å². The average Bonchev–Trinajstić information content (AvgIpc) is 3.17. The van der Waals surface area contributed by atoms with Gasteiger partial charge in [0.1, 0.15) is 5.82 Å². The summed E-state index contributed by atoms with van der Waals surface area (Å²) in [7, 11) is 0. The minimum absolute atomic E-state index is 0.221. The maximum atomic E-state index is 13.9. The topological polar surface area (TPSA) is 90.0 Å². The molecule has 6 nitrogen and oxygen atoms in total. The van der Waals surface area contributed by atoms with Crippen molar-refractivity contribution in [3.63, 3.8) is 0 Å². The minimum Gasteiger partial charge on any atom is -0.382 e. The number of hydrogen-bond acceptors (Lipinski definition) is 4. The number of aryl methyl sites for hydroxylation is 1. The van der Waals surface area contributed by atoms with Crippen molar-refractivity contribution in [3.05, 3.63) is 89.7 Å². The first kappa shape index (κ1) is 21.3. The molecular formula is C27H21FN4O2. The number of aromatic nitrogens is 2. The number of nitrogens with two attached hydrogens (primary N) is 1. The molecule has 0 aliphatic rings. The SMILES string of the molecule is CC(=O)n1nc(N)c2c(-c3ccc4c(C(=O)Nc5ccc(C)c(F)c5)cccc4c3)cccc21. The number of carbonyl (C=O) groups excluding carboxylic acids is 2. The van der Waals surface area contributed by atoms with Crippen LogP contribution in [0.4, 0.5) is 15.9 Å². The molecule has 0 aliphatic heterocycles. The minimum atomic E-state index is -0.373. The number of nitrogens with one attached hydrogen (secondary N) is 1. The molecule has 34 heavy (non-hydrogen) atoms. The lowest BCUT2D eigenvalue weighted by Crippen LogP contribution is -2.12. The van der Waals surface area contributed by atoms with Crippen molar-refractivity contribution in [3.8, 4) is 11.1 Å². The van der Waals surface area contributed by atoms with Crippen molar-refractivity contribution < 1.29 is 14.0 Å². The van der Waals surface area contributed by atoms with E-state index < -0.39 is 0 Å². The number of hydrogen-bond donors (Lipinski definition) is 2. The van der Waals surface area contributed by atoms with Gasteiger partial charge in [0.15, 0.2) is 5.82 Å². The molecule has 0 aliphatic carbocycles. The molecule has 0 saturated carbocycles. The standard InChI is InChI=1S/C27H21FN4O2/c1-15-9-11-19(14-23(15)28)30-27(34)22-7-3-5-17-13-18(10-12-20(17)22)21-6-4-8-24-25(21)26(29)31-32(24)16(2)33/h3-14H,1-2H3,(H2,29,31)(H,30,34). The zero-order valence-electron chi connectivity index (χ0n) is 18.6. The van der Waals surface area contributed by atoms with E-state index in [1.807, 2.05) is 36.4 Å². The van der Waals surface area contributed by atoms with E-state index in [-0.39, 0.29) is 23.4 Å². The van der Waals surface area contributed by atoms with Crippen LogP contribution in [0, 0.1) is 12.7 Å². The second-order valence-electron chi connectivity index (χ2n) is 8.18. The molecule has 5 aromatic rings. The summed E-state index contributed by atoms with van der Waals surface area (Å²) in [6.45, 7) is 3.11. The third-order valence-electron chi connectivity index (χ3n) is 5.90. The summed E-state index contributed by atoms with van der Waals surface area (Å²) in [5.74, 6) is -0.640. The van der Waals surface area contributed by atoms with Gasteiger partial charge in [0, 0.05) is 18.2 Å². The van der Waals surface area contributed by atoms with Gasteiger partial charge >= 0.3 is 0 Å². The van der Waals surface area contributed by atoms with Crippen LogP contribution in [0.2, 0.25) is 0 Å². The van der Waals surface area contributed by atoms with Crippen molar-refractivity contribution in [1.29, 1.82) is 0 Å². The fourth-order valence-electron chi connectivity index (χ4n) is 4.20. The number of nitrogens with zero attached hydrogens (tertiary/aromatic N) is 2. The fourth-order valence-corrected chi connectivity index (χ4v) is 4.20.